The molecular weight excluding hydrogens is 771 g/mol. The Kier molecular flexibility index (Phi) is 15.1. The first kappa shape index (κ1) is 39.2. The maximum Gasteiger partial charge on any atom is 0.277 e. The Labute approximate surface area is 314 Å². The molecule has 1 N–H and O–H groups in total. The summed E-state index contributed by atoms with van der Waals surface area (Å²) in [6.45, 7) is 4.33. The van der Waals surface area contributed by atoms with Crippen molar-refractivity contribution in [1.29, 1.82) is 5.26 Å². The molecule has 0 unspecified atom stereocenters. The zero-order valence-electron chi connectivity index (χ0n) is 26.7. The van der Waals surface area contributed by atoms with Crippen LogP contribution < -0.4 is 5.32 Å². The molecule has 270 valence electrons. The Morgan fingerprint density at radius 3 is 2.20 bits per heavy atom. The lowest BCUT2D eigenvalue weighted by molar-refractivity contribution is -0.486. The van der Waals surface area contributed by atoms with Gasteiger partial charge in [0, 0.05) is 63.3 Å². The van der Waals surface area contributed by atoms with Crippen LogP contribution in [0.3, 0.4) is 0 Å². The fourth-order valence-corrected chi connectivity index (χ4v) is 6.48. The summed E-state index contributed by atoms with van der Waals surface area (Å²) in [4.78, 5) is 43.7. The minimum absolute atomic E-state index is 0.228. The molecule has 3 saturated heterocycles. The molecule has 0 saturated carbocycles. The van der Waals surface area contributed by atoms with Gasteiger partial charge in [-0.15, -0.1) is 16.3 Å². The van der Waals surface area contributed by atoms with Crippen LogP contribution in [0, 0.1) is 31.7 Å². The van der Waals surface area contributed by atoms with Crippen LogP contribution in [0.5, 0.6) is 0 Å². The molecule has 0 atom stereocenters. The summed E-state index contributed by atoms with van der Waals surface area (Å²) in [7, 11) is 1.67. The number of pyridine rings is 2. The Hall–Kier alpha value is -4.59. The van der Waals surface area contributed by atoms with Gasteiger partial charge in [0.05, 0.1) is 12.2 Å². The maximum atomic E-state index is 10.5. The molecular formula is C27H29Cl3N14O5S2. The van der Waals surface area contributed by atoms with Gasteiger partial charge < -0.3 is 29.7 Å². The summed E-state index contributed by atoms with van der Waals surface area (Å²) in [6.07, 6.45) is 5.21. The number of guanidine groups is 2. The standard InChI is InChI=1S/C10H9ClN4S.C9H10ClN5O2.C8H10ClN5O3S/c11-9-2-1-8(5-13-9)6-15-3-4-16-10(15)14-7-12;10-8-2-1-7(5-12-8)6-14-4-3-11-9(14)13-15(16)17;1-12-4-17-5-13(8(12)11-14(15)16)2-6-3-18-7(9)10-6/h1-2,5H,3-4,6H2;1-2,5H,3-4,6H2,(H,11,13);3H,2,4-5H2,1H3/b;;11-8+. The van der Waals surface area contributed by atoms with E-state index in [-0.39, 0.29) is 25.4 Å². The number of nitrogens with zero attached hydrogens (tertiary/aromatic N) is 13. The van der Waals surface area contributed by atoms with Gasteiger partial charge in [0.25, 0.3) is 11.9 Å². The highest BCUT2D eigenvalue weighted by atomic mass is 35.5. The van der Waals surface area contributed by atoms with E-state index in [1.54, 1.807) is 63.4 Å². The summed E-state index contributed by atoms with van der Waals surface area (Å²) in [5.74, 6) is 1.50. The van der Waals surface area contributed by atoms with Crippen LogP contribution in [0.2, 0.25) is 14.8 Å². The fourth-order valence-electron chi connectivity index (χ4n) is 4.54. The van der Waals surface area contributed by atoms with Gasteiger partial charge in [-0.25, -0.2) is 35.2 Å². The van der Waals surface area contributed by atoms with E-state index in [4.69, 9.17) is 44.8 Å². The van der Waals surface area contributed by atoms with Crippen LogP contribution in [0.4, 0.5) is 0 Å². The number of hydrogen-bond acceptors (Lipinski definition) is 12. The van der Waals surface area contributed by atoms with Crippen LogP contribution >= 0.6 is 57.9 Å². The molecule has 6 heterocycles. The molecule has 19 nitrogen and oxygen atoms in total. The average molecular weight is 800 g/mol. The van der Waals surface area contributed by atoms with Crippen LogP contribution in [-0.2, 0) is 24.4 Å². The van der Waals surface area contributed by atoms with Crippen molar-refractivity contribution in [2.75, 3.05) is 45.9 Å². The second-order valence-corrected chi connectivity index (χ2v) is 13.6. The van der Waals surface area contributed by atoms with Gasteiger partial charge in [0.15, 0.2) is 19.7 Å². The van der Waals surface area contributed by atoms with E-state index in [9.17, 15) is 20.2 Å². The van der Waals surface area contributed by atoms with E-state index < -0.39 is 10.1 Å². The number of aliphatic imine (C=N–C) groups is 1. The Morgan fingerprint density at radius 1 is 0.961 bits per heavy atom. The molecule has 51 heavy (non-hydrogen) atoms. The van der Waals surface area contributed by atoms with Crippen molar-refractivity contribution in [3.8, 4) is 6.19 Å². The number of nitro groups is 2. The smallest absolute Gasteiger partial charge is 0.277 e. The van der Waals surface area contributed by atoms with Crippen molar-refractivity contribution >= 4 is 75.0 Å². The van der Waals surface area contributed by atoms with Crippen molar-refractivity contribution in [3.05, 3.63) is 93.9 Å². The number of hydrogen-bond donors (Lipinski definition) is 1. The molecule has 3 aromatic heterocycles. The lowest BCUT2D eigenvalue weighted by Gasteiger charge is -2.34. The SMILES string of the molecule is CN1COCN(Cc2csc(Cl)n2)/C1=N/[N+](=O)[O-].N#CN=C1SCCN1Cc1ccc(Cl)nc1.O=[N+]([O-])/N=C1\NCCN1Cc1ccc(Cl)nc1. The highest BCUT2D eigenvalue weighted by Gasteiger charge is 2.26. The van der Waals surface area contributed by atoms with Gasteiger partial charge in [-0.05, 0) is 23.3 Å². The van der Waals surface area contributed by atoms with Crippen molar-refractivity contribution in [2.24, 2.45) is 15.2 Å². The number of hydrazone groups is 2. The number of thioether (sulfide) groups is 1. The van der Waals surface area contributed by atoms with Gasteiger partial charge >= 0.3 is 0 Å². The Balaban J connectivity index is 0.000000172. The zero-order valence-corrected chi connectivity index (χ0v) is 30.6. The molecule has 0 bridgehead atoms. The normalized spacial score (nSPS) is 17.8. The quantitative estimate of drug-likeness (QED) is 0.148. The van der Waals surface area contributed by atoms with Crippen LogP contribution in [0.15, 0.2) is 57.2 Å². The van der Waals surface area contributed by atoms with Crippen LogP contribution in [0.25, 0.3) is 0 Å². The highest BCUT2D eigenvalue weighted by molar-refractivity contribution is 8.14. The Bertz CT molecular complexity index is 1780. The van der Waals surface area contributed by atoms with Gasteiger partial charge in [-0.1, -0.05) is 58.7 Å². The number of halogens is 3. The summed E-state index contributed by atoms with van der Waals surface area (Å²) >= 11 is 20.0. The van der Waals surface area contributed by atoms with Crippen molar-refractivity contribution < 1.29 is 14.8 Å². The first-order valence-electron chi connectivity index (χ1n) is 14.6. The third kappa shape index (κ3) is 12.9. The predicted molar refractivity (Wildman–Crippen MR) is 193 cm³/mol. The second-order valence-electron chi connectivity index (χ2n) is 10.3. The molecule has 3 aliphatic heterocycles. The number of ether oxygens (including phenoxy) is 1. The summed E-state index contributed by atoms with van der Waals surface area (Å²) in [6, 6.07) is 7.21. The summed E-state index contributed by atoms with van der Waals surface area (Å²) in [5.41, 5.74) is 2.71. The molecule has 0 spiro atoms. The van der Waals surface area contributed by atoms with E-state index in [0.29, 0.717) is 41.0 Å². The molecule has 3 aromatic rings. The van der Waals surface area contributed by atoms with Crippen LogP contribution in [-0.4, -0.2) is 108 Å². The number of amidine groups is 1. The van der Waals surface area contributed by atoms with Gasteiger partial charge in [-0.3, -0.25) is 0 Å². The highest BCUT2D eigenvalue weighted by Crippen LogP contribution is 2.21. The van der Waals surface area contributed by atoms with E-state index in [2.05, 4.69) is 40.4 Å². The molecule has 24 heteroatoms. The minimum Gasteiger partial charge on any atom is -0.349 e. The predicted octanol–water partition coefficient (Wildman–Crippen LogP) is 3.83. The first-order chi connectivity index (χ1) is 24.5. The summed E-state index contributed by atoms with van der Waals surface area (Å²) in [5, 5.41) is 40.9. The molecule has 3 fully saturated rings. The lowest BCUT2D eigenvalue weighted by atomic mass is 10.3. The van der Waals surface area contributed by atoms with Gasteiger partial charge in [0.2, 0.25) is 6.19 Å². The molecule has 0 amide bonds. The van der Waals surface area contributed by atoms with Crippen molar-refractivity contribution in [3.63, 3.8) is 0 Å². The molecule has 0 radical (unpaired) electrons. The molecule has 0 aliphatic carbocycles. The molecule has 3 aliphatic rings. The van der Waals surface area contributed by atoms with E-state index >= 15 is 0 Å². The third-order valence-corrected chi connectivity index (χ3v) is 9.15. The first-order valence-corrected chi connectivity index (χ1v) is 17.6. The number of thiazole rings is 1. The van der Waals surface area contributed by atoms with E-state index in [1.807, 2.05) is 18.3 Å². The van der Waals surface area contributed by atoms with E-state index in [1.165, 1.54) is 11.3 Å². The average Bonchev–Trinajstić information content (AvgIpc) is 3.83. The van der Waals surface area contributed by atoms with Crippen LogP contribution in [0.1, 0.15) is 16.8 Å². The number of rotatable bonds is 8. The number of nitrogens with one attached hydrogen (secondary N) is 1. The molecule has 0 aromatic carbocycles. The van der Waals surface area contributed by atoms with Crippen molar-refractivity contribution in [2.45, 2.75) is 19.6 Å². The van der Waals surface area contributed by atoms with Gasteiger partial charge in [0.1, 0.15) is 34.0 Å². The Morgan fingerprint density at radius 2 is 1.63 bits per heavy atom. The maximum absolute atomic E-state index is 10.5. The number of aromatic nitrogens is 3. The van der Waals surface area contributed by atoms with E-state index in [0.717, 1.165) is 40.8 Å². The fraction of sp³-hybridized carbons (Fsp3) is 0.370. The number of nitriles is 1. The minimum atomic E-state index is -0.724. The van der Waals surface area contributed by atoms with Crippen molar-refractivity contribution in [1.82, 2.24) is 39.9 Å². The topological polar surface area (TPSA) is 220 Å². The lowest BCUT2D eigenvalue weighted by Crippen LogP contribution is -2.49. The monoisotopic (exact) mass is 798 g/mol. The summed E-state index contributed by atoms with van der Waals surface area (Å²) < 4.78 is 5.71. The second kappa shape index (κ2) is 19.7. The largest absolute Gasteiger partial charge is 0.349 e. The zero-order chi connectivity index (χ0) is 36.8. The van der Waals surface area contributed by atoms with Gasteiger partial charge in [-0.2, -0.15) is 5.26 Å². The third-order valence-electron chi connectivity index (χ3n) is 6.68. The molecule has 6 rings (SSSR count).